The van der Waals surface area contributed by atoms with E-state index in [2.05, 4.69) is 15.3 Å². The minimum absolute atomic E-state index is 0.688. The highest BCUT2D eigenvalue weighted by Gasteiger charge is 2.01. The Balaban J connectivity index is 2.02. The molecule has 0 saturated heterocycles. The molecule has 0 saturated carbocycles. The van der Waals surface area contributed by atoms with Crippen LogP contribution in [0.1, 0.15) is 16.3 Å². The second-order valence-corrected chi connectivity index (χ2v) is 4.60. The summed E-state index contributed by atoms with van der Waals surface area (Å²) in [6.07, 6.45) is 1.77. The number of thiazole rings is 1. The molecule has 84 valence electrons. The van der Waals surface area contributed by atoms with Crippen LogP contribution in [-0.2, 0) is 6.54 Å². The van der Waals surface area contributed by atoms with Gasteiger partial charge in [-0.3, -0.25) is 0 Å². The topological polar surface area (TPSA) is 63.8 Å². The Morgan fingerprint density at radius 3 is 2.88 bits per heavy atom. The third kappa shape index (κ3) is 2.49. The molecule has 0 fully saturated rings. The molecule has 0 amide bonds. The van der Waals surface area contributed by atoms with Crippen LogP contribution in [0.5, 0.6) is 0 Å². The van der Waals surface area contributed by atoms with E-state index in [0.29, 0.717) is 6.54 Å². The first-order valence-corrected chi connectivity index (χ1v) is 5.90. The first-order chi connectivity index (χ1) is 7.65. The monoisotopic (exact) mass is 234 g/mol. The van der Waals surface area contributed by atoms with Crippen LogP contribution >= 0.6 is 11.3 Å². The highest BCUT2D eigenvalue weighted by Crippen LogP contribution is 2.15. The smallest absolute Gasteiger partial charge is 0.128 e. The minimum Gasteiger partial charge on any atom is -0.398 e. The number of aromatic nitrogens is 2. The zero-order valence-corrected chi connectivity index (χ0v) is 10.1. The Hall–Kier alpha value is -1.62. The van der Waals surface area contributed by atoms with Crippen molar-refractivity contribution in [1.82, 2.24) is 9.97 Å². The van der Waals surface area contributed by atoms with Crippen LogP contribution in [0.15, 0.2) is 17.6 Å². The zero-order chi connectivity index (χ0) is 11.5. The summed E-state index contributed by atoms with van der Waals surface area (Å²) in [7, 11) is 0. The van der Waals surface area contributed by atoms with Gasteiger partial charge in [-0.2, -0.15) is 0 Å². The van der Waals surface area contributed by atoms with Crippen LogP contribution in [0.3, 0.4) is 0 Å². The van der Waals surface area contributed by atoms with Crippen LogP contribution in [0.2, 0.25) is 0 Å². The summed E-state index contributed by atoms with van der Waals surface area (Å²) in [5.41, 5.74) is 8.61. The summed E-state index contributed by atoms with van der Waals surface area (Å²) in [5.74, 6) is 0.788. The number of hydrogen-bond donors (Lipinski definition) is 2. The van der Waals surface area contributed by atoms with Crippen molar-refractivity contribution in [2.24, 2.45) is 0 Å². The summed E-state index contributed by atoms with van der Waals surface area (Å²) in [6.45, 7) is 4.62. The Morgan fingerprint density at radius 1 is 1.44 bits per heavy atom. The summed E-state index contributed by atoms with van der Waals surface area (Å²) in [4.78, 5) is 8.61. The van der Waals surface area contributed by atoms with E-state index in [1.54, 1.807) is 17.5 Å². The van der Waals surface area contributed by atoms with Crippen LogP contribution in [0.25, 0.3) is 0 Å². The molecule has 0 aliphatic rings. The van der Waals surface area contributed by atoms with Crippen molar-refractivity contribution in [2.75, 3.05) is 11.1 Å². The van der Waals surface area contributed by atoms with Gasteiger partial charge in [-0.15, -0.1) is 11.3 Å². The number of hydrogen-bond acceptors (Lipinski definition) is 5. The third-order valence-electron chi connectivity index (χ3n) is 2.23. The fourth-order valence-corrected chi connectivity index (χ4v) is 2.00. The second-order valence-electron chi connectivity index (χ2n) is 3.66. The lowest BCUT2D eigenvalue weighted by molar-refractivity contribution is 1.06. The van der Waals surface area contributed by atoms with Crippen molar-refractivity contribution in [3.63, 3.8) is 0 Å². The summed E-state index contributed by atoms with van der Waals surface area (Å²) < 4.78 is 0. The van der Waals surface area contributed by atoms with Gasteiger partial charge in [0.2, 0.25) is 0 Å². The summed E-state index contributed by atoms with van der Waals surface area (Å²) in [6, 6.07) is 1.84. The number of anilines is 2. The predicted octanol–water partition coefficient (Wildman–Crippen LogP) is 2.35. The van der Waals surface area contributed by atoms with E-state index in [0.717, 1.165) is 27.8 Å². The third-order valence-corrected chi connectivity index (χ3v) is 3.20. The van der Waals surface area contributed by atoms with Crippen LogP contribution in [0, 0.1) is 13.8 Å². The molecule has 0 aliphatic carbocycles. The van der Waals surface area contributed by atoms with Gasteiger partial charge in [0, 0.05) is 29.0 Å². The fraction of sp³-hybridized carbons (Fsp3) is 0.273. The fourth-order valence-electron chi connectivity index (χ4n) is 1.29. The molecule has 0 bridgehead atoms. The molecular formula is C11H14N4S. The molecule has 0 atom stereocenters. The molecule has 0 aromatic carbocycles. The molecule has 0 spiro atoms. The molecule has 5 heteroatoms. The Bertz CT molecular complexity index is 492. The number of nitrogen functional groups attached to an aromatic ring is 1. The maximum Gasteiger partial charge on any atom is 0.128 e. The highest BCUT2D eigenvalue weighted by molar-refractivity contribution is 7.09. The van der Waals surface area contributed by atoms with E-state index in [-0.39, 0.29) is 0 Å². The lowest BCUT2D eigenvalue weighted by Gasteiger charge is -2.05. The maximum absolute atomic E-state index is 5.80. The lowest BCUT2D eigenvalue weighted by atomic mass is 10.2. The molecular weight excluding hydrogens is 220 g/mol. The van der Waals surface area contributed by atoms with Gasteiger partial charge >= 0.3 is 0 Å². The van der Waals surface area contributed by atoms with Crippen LogP contribution in [0.4, 0.5) is 11.5 Å². The van der Waals surface area contributed by atoms with E-state index >= 15 is 0 Å². The molecule has 3 N–H and O–H groups in total. The van der Waals surface area contributed by atoms with Gasteiger partial charge in [0.1, 0.15) is 10.8 Å². The predicted molar refractivity (Wildman–Crippen MR) is 67.6 cm³/mol. The number of aryl methyl sites for hydroxylation is 2. The van der Waals surface area contributed by atoms with E-state index in [4.69, 9.17) is 5.73 Å². The van der Waals surface area contributed by atoms with E-state index in [1.165, 1.54) is 0 Å². The second kappa shape index (κ2) is 4.49. The van der Waals surface area contributed by atoms with Gasteiger partial charge in [0.05, 0.1) is 6.54 Å². The number of nitrogens with one attached hydrogen (secondary N) is 1. The average Bonchev–Trinajstić information content (AvgIpc) is 2.66. The first-order valence-electron chi connectivity index (χ1n) is 5.02. The maximum atomic E-state index is 5.80. The minimum atomic E-state index is 0.688. The molecule has 16 heavy (non-hydrogen) atoms. The molecule has 2 rings (SSSR count). The molecule has 2 heterocycles. The van der Waals surface area contributed by atoms with Crippen molar-refractivity contribution in [1.29, 1.82) is 0 Å². The average molecular weight is 234 g/mol. The molecule has 2 aromatic heterocycles. The van der Waals surface area contributed by atoms with Crippen molar-refractivity contribution in [3.05, 3.63) is 33.9 Å². The number of nitrogens with two attached hydrogens (primary N) is 1. The quantitative estimate of drug-likeness (QED) is 0.855. The summed E-state index contributed by atoms with van der Waals surface area (Å²) in [5, 5.41) is 6.29. The normalized spacial score (nSPS) is 10.4. The standard InChI is InChI=1S/C11H14N4S/c1-7-4-13-10(3-9(7)12)14-5-11-15-8(2)6-16-11/h3-4,6H,5H2,1-2H3,(H3,12,13,14). The Labute approximate surface area is 98.6 Å². The van der Waals surface area contributed by atoms with Gasteiger partial charge in [-0.05, 0) is 19.4 Å². The van der Waals surface area contributed by atoms with Crippen molar-refractivity contribution >= 4 is 22.8 Å². The Kier molecular flexibility index (Phi) is 3.05. The van der Waals surface area contributed by atoms with E-state index < -0.39 is 0 Å². The van der Waals surface area contributed by atoms with E-state index in [1.807, 2.05) is 25.3 Å². The molecule has 0 aliphatic heterocycles. The van der Waals surface area contributed by atoms with Gasteiger partial charge < -0.3 is 11.1 Å². The van der Waals surface area contributed by atoms with Crippen molar-refractivity contribution in [3.8, 4) is 0 Å². The molecule has 0 unspecified atom stereocenters. The van der Waals surface area contributed by atoms with Crippen LogP contribution < -0.4 is 11.1 Å². The number of pyridine rings is 1. The lowest BCUT2D eigenvalue weighted by Crippen LogP contribution is -2.02. The van der Waals surface area contributed by atoms with Crippen molar-refractivity contribution in [2.45, 2.75) is 20.4 Å². The molecule has 0 radical (unpaired) electrons. The molecule has 2 aromatic rings. The number of nitrogens with zero attached hydrogens (tertiary/aromatic N) is 2. The SMILES string of the molecule is Cc1csc(CNc2cc(N)c(C)cn2)n1. The molecule has 4 nitrogen and oxygen atoms in total. The van der Waals surface area contributed by atoms with Gasteiger partial charge in [0.15, 0.2) is 0 Å². The largest absolute Gasteiger partial charge is 0.398 e. The van der Waals surface area contributed by atoms with Gasteiger partial charge in [-0.1, -0.05) is 0 Å². The summed E-state index contributed by atoms with van der Waals surface area (Å²) >= 11 is 1.64. The van der Waals surface area contributed by atoms with Gasteiger partial charge in [0.25, 0.3) is 0 Å². The van der Waals surface area contributed by atoms with Crippen LogP contribution in [-0.4, -0.2) is 9.97 Å². The first kappa shape index (κ1) is 10.9. The Morgan fingerprint density at radius 2 is 2.25 bits per heavy atom. The van der Waals surface area contributed by atoms with Gasteiger partial charge in [-0.25, -0.2) is 9.97 Å². The zero-order valence-electron chi connectivity index (χ0n) is 9.32. The number of rotatable bonds is 3. The van der Waals surface area contributed by atoms with Crippen molar-refractivity contribution < 1.29 is 0 Å². The highest BCUT2D eigenvalue weighted by atomic mass is 32.1. The van der Waals surface area contributed by atoms with E-state index in [9.17, 15) is 0 Å².